The molecule has 21 heavy (non-hydrogen) atoms. The van der Waals surface area contributed by atoms with E-state index in [9.17, 15) is 5.11 Å². The number of rotatable bonds is 1. The molecule has 0 aliphatic heterocycles. The van der Waals surface area contributed by atoms with Crippen molar-refractivity contribution in [2.24, 2.45) is 0 Å². The molecule has 1 nitrogen and oxygen atoms in total. The summed E-state index contributed by atoms with van der Waals surface area (Å²) in [5, 5.41) is 9.60. The standard InChI is InChI=1S/C20H18O/c1-20(11-9-15(21)10-12-20)19-8-4-7-17-16-6-3-2-5-14(16)13-18(17)19/h2-11,21H,12-13H2,1H3. The van der Waals surface area contributed by atoms with Crippen molar-refractivity contribution in [2.45, 2.75) is 25.2 Å². The average molecular weight is 274 g/mol. The van der Waals surface area contributed by atoms with E-state index in [1.807, 2.05) is 12.2 Å². The second kappa shape index (κ2) is 4.36. The molecule has 1 unspecified atom stereocenters. The van der Waals surface area contributed by atoms with Gasteiger partial charge in [-0.05, 0) is 52.8 Å². The minimum absolute atomic E-state index is 0.0282. The Kier molecular flexibility index (Phi) is 2.58. The van der Waals surface area contributed by atoms with E-state index < -0.39 is 0 Å². The van der Waals surface area contributed by atoms with Gasteiger partial charge in [0.05, 0.1) is 0 Å². The lowest BCUT2D eigenvalue weighted by atomic mass is 9.74. The van der Waals surface area contributed by atoms with Crippen LogP contribution < -0.4 is 0 Å². The lowest BCUT2D eigenvalue weighted by molar-refractivity contribution is 0.416. The molecule has 0 spiro atoms. The molecule has 4 rings (SSSR count). The number of fused-ring (bicyclic) bond motifs is 3. The van der Waals surface area contributed by atoms with Gasteiger partial charge in [-0.25, -0.2) is 0 Å². The number of hydrogen-bond donors (Lipinski definition) is 1. The fourth-order valence-corrected chi connectivity index (χ4v) is 3.61. The topological polar surface area (TPSA) is 20.2 Å². The number of aliphatic hydroxyl groups is 1. The van der Waals surface area contributed by atoms with Gasteiger partial charge in [0.25, 0.3) is 0 Å². The summed E-state index contributed by atoms with van der Waals surface area (Å²) in [6.07, 6.45) is 7.75. The second-order valence-corrected chi connectivity index (χ2v) is 6.25. The molecule has 104 valence electrons. The van der Waals surface area contributed by atoms with E-state index in [2.05, 4.69) is 55.5 Å². The molecule has 0 radical (unpaired) electrons. The van der Waals surface area contributed by atoms with Gasteiger partial charge in [-0.1, -0.05) is 55.5 Å². The van der Waals surface area contributed by atoms with Crippen molar-refractivity contribution >= 4 is 0 Å². The van der Waals surface area contributed by atoms with E-state index in [0.29, 0.717) is 5.76 Å². The maximum atomic E-state index is 9.60. The quantitative estimate of drug-likeness (QED) is 0.668. The summed E-state index contributed by atoms with van der Waals surface area (Å²) < 4.78 is 0. The highest BCUT2D eigenvalue weighted by atomic mass is 16.3. The maximum absolute atomic E-state index is 9.60. The molecular formula is C20H18O. The van der Waals surface area contributed by atoms with Crippen LogP contribution in [0.25, 0.3) is 11.1 Å². The molecule has 0 saturated carbocycles. The Labute approximate surface area is 125 Å². The fourth-order valence-electron chi connectivity index (χ4n) is 3.61. The summed E-state index contributed by atoms with van der Waals surface area (Å²) in [5.41, 5.74) is 6.96. The van der Waals surface area contributed by atoms with E-state index >= 15 is 0 Å². The monoisotopic (exact) mass is 274 g/mol. The molecule has 1 heteroatoms. The third kappa shape index (κ3) is 1.84. The van der Waals surface area contributed by atoms with E-state index in [1.165, 1.54) is 27.8 Å². The second-order valence-electron chi connectivity index (χ2n) is 6.25. The predicted octanol–water partition coefficient (Wildman–Crippen LogP) is 4.92. The van der Waals surface area contributed by atoms with Crippen LogP contribution in [0.3, 0.4) is 0 Å². The van der Waals surface area contributed by atoms with Gasteiger partial charge in [0.2, 0.25) is 0 Å². The minimum atomic E-state index is -0.0282. The lowest BCUT2D eigenvalue weighted by Crippen LogP contribution is -2.22. The number of aliphatic hydroxyl groups excluding tert-OH is 1. The summed E-state index contributed by atoms with van der Waals surface area (Å²) in [6.45, 7) is 2.26. The molecule has 2 aliphatic rings. The zero-order valence-electron chi connectivity index (χ0n) is 12.1. The first-order valence-electron chi connectivity index (χ1n) is 7.46. The Morgan fingerprint density at radius 3 is 2.62 bits per heavy atom. The number of benzene rings is 2. The molecule has 2 aromatic carbocycles. The van der Waals surface area contributed by atoms with Crippen LogP contribution in [-0.4, -0.2) is 5.11 Å². The van der Waals surface area contributed by atoms with Gasteiger partial charge in [0, 0.05) is 5.41 Å². The van der Waals surface area contributed by atoms with E-state index in [1.54, 1.807) is 0 Å². The van der Waals surface area contributed by atoms with Crippen molar-refractivity contribution in [2.75, 3.05) is 0 Å². The maximum Gasteiger partial charge on any atom is 0.111 e. The van der Waals surface area contributed by atoms with E-state index in [0.717, 1.165) is 12.8 Å². The van der Waals surface area contributed by atoms with Crippen LogP contribution >= 0.6 is 0 Å². The molecule has 0 aromatic heterocycles. The summed E-state index contributed by atoms with van der Waals surface area (Å²) in [7, 11) is 0. The van der Waals surface area contributed by atoms with Crippen molar-refractivity contribution in [3.05, 3.63) is 83.1 Å². The highest BCUT2D eigenvalue weighted by Gasteiger charge is 2.31. The number of hydrogen-bond acceptors (Lipinski definition) is 1. The normalized spacial score (nSPS) is 22.6. The van der Waals surface area contributed by atoms with Crippen LogP contribution in [0, 0.1) is 0 Å². The molecule has 0 bridgehead atoms. The Bertz CT molecular complexity index is 782. The smallest absolute Gasteiger partial charge is 0.111 e. The van der Waals surface area contributed by atoms with Crippen LogP contribution in [0.5, 0.6) is 0 Å². The minimum Gasteiger partial charge on any atom is -0.508 e. The molecule has 0 heterocycles. The highest BCUT2D eigenvalue weighted by Crippen LogP contribution is 2.44. The molecule has 0 saturated heterocycles. The first-order valence-corrected chi connectivity index (χ1v) is 7.46. The van der Waals surface area contributed by atoms with Crippen molar-refractivity contribution in [3.8, 4) is 11.1 Å². The third-order valence-corrected chi connectivity index (χ3v) is 4.82. The van der Waals surface area contributed by atoms with Crippen LogP contribution in [-0.2, 0) is 11.8 Å². The van der Waals surface area contributed by atoms with Gasteiger partial charge in [0.15, 0.2) is 0 Å². The summed E-state index contributed by atoms with van der Waals surface area (Å²) in [6, 6.07) is 15.3. The first-order chi connectivity index (χ1) is 10.2. The van der Waals surface area contributed by atoms with E-state index in [4.69, 9.17) is 0 Å². The van der Waals surface area contributed by atoms with Crippen LogP contribution in [0.2, 0.25) is 0 Å². The van der Waals surface area contributed by atoms with Crippen molar-refractivity contribution < 1.29 is 5.11 Å². The van der Waals surface area contributed by atoms with Gasteiger partial charge < -0.3 is 5.11 Å². The number of allylic oxidation sites excluding steroid dienone is 3. The molecular weight excluding hydrogens is 256 g/mol. The average Bonchev–Trinajstić information content (AvgIpc) is 2.89. The van der Waals surface area contributed by atoms with Crippen LogP contribution in [0.4, 0.5) is 0 Å². The van der Waals surface area contributed by atoms with Crippen molar-refractivity contribution in [1.82, 2.24) is 0 Å². The Balaban J connectivity index is 1.86. The summed E-state index contributed by atoms with van der Waals surface area (Å²) in [4.78, 5) is 0. The van der Waals surface area contributed by atoms with E-state index in [-0.39, 0.29) is 5.41 Å². The van der Waals surface area contributed by atoms with Gasteiger partial charge in [0.1, 0.15) is 5.76 Å². The SMILES string of the molecule is CC1(c2cccc3c2Cc2ccccc2-3)C=CC(O)=CC1. The van der Waals surface area contributed by atoms with Crippen molar-refractivity contribution in [3.63, 3.8) is 0 Å². The van der Waals surface area contributed by atoms with Gasteiger partial charge >= 0.3 is 0 Å². The van der Waals surface area contributed by atoms with Gasteiger partial charge in [-0.3, -0.25) is 0 Å². The van der Waals surface area contributed by atoms with Gasteiger partial charge in [-0.15, -0.1) is 0 Å². The molecule has 0 amide bonds. The zero-order chi connectivity index (χ0) is 14.4. The Morgan fingerprint density at radius 2 is 1.81 bits per heavy atom. The predicted molar refractivity (Wildman–Crippen MR) is 86.5 cm³/mol. The molecule has 1 N–H and O–H groups in total. The Morgan fingerprint density at radius 1 is 1.00 bits per heavy atom. The summed E-state index contributed by atoms with van der Waals surface area (Å²) >= 11 is 0. The zero-order valence-corrected chi connectivity index (χ0v) is 12.1. The lowest BCUT2D eigenvalue weighted by Gasteiger charge is -2.30. The third-order valence-electron chi connectivity index (χ3n) is 4.82. The molecule has 2 aliphatic carbocycles. The Hall–Kier alpha value is -2.28. The highest BCUT2D eigenvalue weighted by molar-refractivity contribution is 5.78. The summed E-state index contributed by atoms with van der Waals surface area (Å²) in [5.74, 6) is 0.378. The first kappa shape index (κ1) is 12.5. The van der Waals surface area contributed by atoms with Crippen LogP contribution in [0.15, 0.2) is 66.5 Å². The van der Waals surface area contributed by atoms with Crippen LogP contribution in [0.1, 0.15) is 30.0 Å². The molecule has 0 fully saturated rings. The molecule has 1 atom stereocenters. The largest absolute Gasteiger partial charge is 0.508 e. The molecule has 2 aromatic rings. The fraction of sp³-hybridized carbons (Fsp3) is 0.200. The van der Waals surface area contributed by atoms with Crippen molar-refractivity contribution in [1.29, 1.82) is 0 Å². The van der Waals surface area contributed by atoms with Gasteiger partial charge in [-0.2, -0.15) is 0 Å².